The van der Waals surface area contributed by atoms with Crippen LogP contribution in [0.4, 0.5) is 0 Å². The van der Waals surface area contributed by atoms with Crippen molar-refractivity contribution in [3.8, 4) is 23.7 Å². The topological polar surface area (TPSA) is 17.1 Å². The van der Waals surface area contributed by atoms with Crippen molar-refractivity contribution in [1.82, 2.24) is 0 Å². The summed E-state index contributed by atoms with van der Waals surface area (Å²) < 4.78 is 0. The Hall–Kier alpha value is -2.25. The molecule has 1 aliphatic carbocycles. The van der Waals surface area contributed by atoms with Crippen LogP contribution in [0.3, 0.4) is 0 Å². The van der Waals surface area contributed by atoms with E-state index < -0.39 is 0 Å². The van der Waals surface area contributed by atoms with Gasteiger partial charge in [-0.2, -0.15) is 0 Å². The minimum absolute atomic E-state index is 0.0479. The molecule has 16 heavy (non-hydrogen) atoms. The standard InChI is InChI=1S/C15H12O/c1-13-7-3-4-8-14(2)10-6-12-15(16)11-5-9-13/h5-6,9-12H,1-2H3. The fourth-order valence-corrected chi connectivity index (χ4v) is 0.973. The summed E-state index contributed by atoms with van der Waals surface area (Å²) in [4.78, 5) is 11.3. The average molecular weight is 208 g/mol. The first-order valence-corrected chi connectivity index (χ1v) is 4.94. The molecule has 0 aromatic heterocycles. The zero-order valence-electron chi connectivity index (χ0n) is 9.37. The van der Waals surface area contributed by atoms with Crippen molar-refractivity contribution in [2.24, 2.45) is 0 Å². The van der Waals surface area contributed by atoms with Crippen LogP contribution in [0.15, 0.2) is 47.6 Å². The zero-order chi connectivity index (χ0) is 11.8. The fourth-order valence-electron chi connectivity index (χ4n) is 0.973. The number of allylic oxidation sites excluding steroid dienone is 8. The normalized spacial score (nSPS) is 15.2. The summed E-state index contributed by atoms with van der Waals surface area (Å²) in [6, 6.07) is 0. The second-order valence-electron chi connectivity index (χ2n) is 3.32. The Kier molecular flexibility index (Phi) is 4.64. The summed E-state index contributed by atoms with van der Waals surface area (Å²) in [5, 5.41) is 0. The van der Waals surface area contributed by atoms with Crippen LogP contribution in [0.5, 0.6) is 0 Å². The van der Waals surface area contributed by atoms with Gasteiger partial charge in [0.2, 0.25) is 0 Å². The Morgan fingerprint density at radius 2 is 1.31 bits per heavy atom. The van der Waals surface area contributed by atoms with Crippen LogP contribution in [-0.4, -0.2) is 5.78 Å². The van der Waals surface area contributed by atoms with Crippen LogP contribution in [0, 0.1) is 23.7 Å². The van der Waals surface area contributed by atoms with E-state index in [0.717, 1.165) is 11.1 Å². The monoisotopic (exact) mass is 208 g/mol. The third kappa shape index (κ3) is 4.84. The van der Waals surface area contributed by atoms with Crippen LogP contribution in [0.25, 0.3) is 0 Å². The maximum absolute atomic E-state index is 11.3. The molecule has 0 spiro atoms. The van der Waals surface area contributed by atoms with Crippen molar-refractivity contribution in [3.63, 3.8) is 0 Å². The molecule has 0 N–H and O–H groups in total. The van der Waals surface area contributed by atoms with Gasteiger partial charge in [0.05, 0.1) is 0 Å². The molecular formula is C15H12O. The molecule has 0 aliphatic heterocycles. The van der Waals surface area contributed by atoms with Crippen LogP contribution in [-0.2, 0) is 4.79 Å². The molecule has 1 rings (SSSR count). The van der Waals surface area contributed by atoms with E-state index in [2.05, 4.69) is 23.7 Å². The summed E-state index contributed by atoms with van der Waals surface area (Å²) in [7, 11) is 0. The van der Waals surface area contributed by atoms with E-state index in [1.807, 2.05) is 13.8 Å². The Morgan fingerprint density at radius 1 is 0.875 bits per heavy atom. The van der Waals surface area contributed by atoms with Gasteiger partial charge in [-0.3, -0.25) is 4.79 Å². The number of carbonyl (C=O) groups is 1. The van der Waals surface area contributed by atoms with Crippen LogP contribution in [0.1, 0.15) is 13.8 Å². The van der Waals surface area contributed by atoms with Gasteiger partial charge in [-0.1, -0.05) is 36.1 Å². The van der Waals surface area contributed by atoms with Crippen molar-refractivity contribution in [1.29, 1.82) is 0 Å². The van der Waals surface area contributed by atoms with Crippen LogP contribution >= 0.6 is 0 Å². The molecule has 0 amide bonds. The number of carbonyl (C=O) groups excluding carboxylic acids is 1. The van der Waals surface area contributed by atoms with Crippen molar-refractivity contribution < 1.29 is 4.79 Å². The van der Waals surface area contributed by atoms with Gasteiger partial charge in [0, 0.05) is 0 Å². The molecule has 1 nitrogen and oxygen atoms in total. The predicted molar refractivity (Wildman–Crippen MR) is 66.4 cm³/mol. The SMILES string of the molecule is CC1=CC=CC(=O)C=CC=C(C)C#CC#C1. The van der Waals surface area contributed by atoms with Gasteiger partial charge >= 0.3 is 0 Å². The molecule has 0 saturated carbocycles. The van der Waals surface area contributed by atoms with Crippen molar-refractivity contribution >= 4 is 5.78 Å². The van der Waals surface area contributed by atoms with Gasteiger partial charge in [0.1, 0.15) is 0 Å². The van der Waals surface area contributed by atoms with E-state index in [9.17, 15) is 4.79 Å². The average Bonchev–Trinajstić information content (AvgIpc) is 2.24. The Balaban J connectivity index is 3.07. The quantitative estimate of drug-likeness (QED) is 0.559. The Labute approximate surface area is 96.2 Å². The first kappa shape index (κ1) is 11.8. The molecule has 0 aromatic rings. The summed E-state index contributed by atoms with van der Waals surface area (Å²) >= 11 is 0. The highest BCUT2D eigenvalue weighted by molar-refractivity contribution is 5.99. The van der Waals surface area contributed by atoms with Gasteiger partial charge in [-0.25, -0.2) is 0 Å². The lowest BCUT2D eigenvalue weighted by Crippen LogP contribution is -1.83. The molecule has 0 saturated heterocycles. The number of rotatable bonds is 0. The van der Waals surface area contributed by atoms with E-state index >= 15 is 0 Å². The molecular weight excluding hydrogens is 196 g/mol. The predicted octanol–water partition coefficient (Wildman–Crippen LogP) is 2.58. The fraction of sp³-hybridized carbons (Fsp3) is 0.133. The summed E-state index contributed by atoms with van der Waals surface area (Å²) in [5.74, 6) is 11.2. The summed E-state index contributed by atoms with van der Waals surface area (Å²) in [5.41, 5.74) is 1.76. The van der Waals surface area contributed by atoms with E-state index in [1.54, 1.807) is 24.3 Å². The van der Waals surface area contributed by atoms with Crippen LogP contribution < -0.4 is 0 Å². The Bertz CT molecular complexity index is 469. The maximum atomic E-state index is 11.3. The van der Waals surface area contributed by atoms with Crippen LogP contribution in [0.2, 0.25) is 0 Å². The van der Waals surface area contributed by atoms with Crippen molar-refractivity contribution in [2.75, 3.05) is 0 Å². The lowest BCUT2D eigenvalue weighted by Gasteiger charge is -1.83. The molecule has 0 bridgehead atoms. The maximum Gasteiger partial charge on any atom is 0.178 e. The molecule has 1 heteroatoms. The van der Waals surface area contributed by atoms with E-state index in [1.165, 1.54) is 12.2 Å². The number of hydrogen-bond donors (Lipinski definition) is 0. The van der Waals surface area contributed by atoms with E-state index in [0.29, 0.717) is 0 Å². The number of ketones is 1. The molecule has 0 unspecified atom stereocenters. The largest absolute Gasteiger partial charge is 0.290 e. The highest BCUT2D eigenvalue weighted by atomic mass is 16.1. The zero-order valence-corrected chi connectivity index (χ0v) is 9.37. The molecule has 0 radical (unpaired) electrons. The molecule has 0 atom stereocenters. The van der Waals surface area contributed by atoms with Gasteiger partial charge in [0.15, 0.2) is 5.78 Å². The Morgan fingerprint density at radius 3 is 1.75 bits per heavy atom. The second kappa shape index (κ2) is 6.27. The molecule has 0 heterocycles. The highest BCUT2D eigenvalue weighted by Crippen LogP contribution is 1.94. The molecule has 1 aliphatic rings. The summed E-state index contributed by atoms with van der Waals surface area (Å²) in [6.45, 7) is 3.75. The van der Waals surface area contributed by atoms with E-state index in [4.69, 9.17) is 0 Å². The molecule has 0 fully saturated rings. The second-order valence-corrected chi connectivity index (χ2v) is 3.32. The number of hydrogen-bond acceptors (Lipinski definition) is 1. The van der Waals surface area contributed by atoms with Crippen molar-refractivity contribution in [3.05, 3.63) is 47.6 Å². The van der Waals surface area contributed by atoms with Gasteiger partial charge < -0.3 is 0 Å². The summed E-state index contributed by atoms with van der Waals surface area (Å²) in [6.07, 6.45) is 9.97. The van der Waals surface area contributed by atoms with Gasteiger partial charge in [-0.05, 0) is 49.0 Å². The minimum atomic E-state index is -0.0479. The lowest BCUT2D eigenvalue weighted by molar-refractivity contribution is -0.110. The van der Waals surface area contributed by atoms with Gasteiger partial charge in [-0.15, -0.1) is 0 Å². The lowest BCUT2D eigenvalue weighted by atomic mass is 10.2. The third-order valence-corrected chi connectivity index (χ3v) is 1.80. The first-order chi connectivity index (χ1) is 7.68. The smallest absolute Gasteiger partial charge is 0.178 e. The first-order valence-electron chi connectivity index (χ1n) is 4.94. The van der Waals surface area contributed by atoms with E-state index in [-0.39, 0.29) is 5.78 Å². The molecule has 0 aromatic carbocycles. The minimum Gasteiger partial charge on any atom is -0.290 e. The third-order valence-electron chi connectivity index (χ3n) is 1.80. The van der Waals surface area contributed by atoms with Gasteiger partial charge in [0.25, 0.3) is 0 Å². The molecule has 78 valence electrons. The highest BCUT2D eigenvalue weighted by Gasteiger charge is 1.86. The van der Waals surface area contributed by atoms with Crippen molar-refractivity contribution in [2.45, 2.75) is 13.8 Å².